The van der Waals surface area contributed by atoms with E-state index in [2.05, 4.69) is 30.6 Å². The molecule has 0 unspecified atom stereocenters. The number of aromatic nitrogens is 3. The molecule has 1 aliphatic rings. The first kappa shape index (κ1) is 24.8. The van der Waals surface area contributed by atoms with Gasteiger partial charge in [0.25, 0.3) is 5.91 Å². The molecule has 2 heterocycles. The minimum atomic E-state index is -0.590. The van der Waals surface area contributed by atoms with Gasteiger partial charge in [0.05, 0.1) is 11.7 Å². The average Bonchev–Trinajstić information content (AvgIpc) is 3.23. The molecule has 0 saturated heterocycles. The third-order valence-corrected chi connectivity index (χ3v) is 6.21. The van der Waals surface area contributed by atoms with Gasteiger partial charge in [-0.05, 0) is 64.2 Å². The van der Waals surface area contributed by atoms with E-state index in [1.54, 1.807) is 25.4 Å². The molecular formula is C25H27ClF2N6O. The number of carbonyl (C=O) groups is 1. The zero-order valence-electron chi connectivity index (χ0n) is 19.8. The van der Waals surface area contributed by atoms with E-state index in [1.807, 2.05) is 13.8 Å². The second kappa shape index (κ2) is 10.5. The van der Waals surface area contributed by atoms with Crippen molar-refractivity contribution in [2.24, 2.45) is 4.99 Å². The normalized spacial score (nSPS) is 18.1. The van der Waals surface area contributed by atoms with Crippen molar-refractivity contribution in [1.29, 1.82) is 0 Å². The van der Waals surface area contributed by atoms with Crippen molar-refractivity contribution in [3.05, 3.63) is 52.5 Å². The number of nitrogens with one attached hydrogen (secondary N) is 3. The summed E-state index contributed by atoms with van der Waals surface area (Å²) in [7, 11) is 0. The zero-order valence-corrected chi connectivity index (χ0v) is 20.5. The van der Waals surface area contributed by atoms with Gasteiger partial charge in [-0.15, -0.1) is 0 Å². The van der Waals surface area contributed by atoms with Crippen LogP contribution in [0.5, 0.6) is 0 Å². The Hall–Kier alpha value is -3.33. The molecule has 4 rings (SSSR count). The molecule has 0 radical (unpaired) electrons. The van der Waals surface area contributed by atoms with Crippen LogP contribution >= 0.6 is 11.6 Å². The van der Waals surface area contributed by atoms with E-state index < -0.39 is 11.6 Å². The topological polar surface area (TPSA) is 95.1 Å². The van der Waals surface area contributed by atoms with E-state index in [9.17, 15) is 13.6 Å². The Balaban J connectivity index is 1.52. The lowest BCUT2D eigenvalue weighted by Gasteiger charge is -2.30. The van der Waals surface area contributed by atoms with E-state index in [-0.39, 0.29) is 40.2 Å². The Bertz CT molecular complexity index is 1310. The molecule has 7 nitrogen and oxygen atoms in total. The molecule has 0 bridgehead atoms. The quantitative estimate of drug-likeness (QED) is 0.295. The molecule has 1 aliphatic carbocycles. The first-order chi connectivity index (χ1) is 16.8. The van der Waals surface area contributed by atoms with Crippen molar-refractivity contribution >= 4 is 40.4 Å². The van der Waals surface area contributed by atoms with Gasteiger partial charge in [0, 0.05) is 40.5 Å². The molecule has 2 atom stereocenters. The lowest BCUT2D eigenvalue weighted by Crippen LogP contribution is -2.42. The van der Waals surface area contributed by atoms with Crippen LogP contribution in [-0.4, -0.2) is 39.2 Å². The molecule has 10 heteroatoms. The number of fused-ring (bicyclic) bond motifs is 1. The Morgan fingerprint density at radius 1 is 1.23 bits per heavy atom. The van der Waals surface area contributed by atoms with Gasteiger partial charge in [-0.2, -0.15) is 0 Å². The van der Waals surface area contributed by atoms with Gasteiger partial charge in [-0.3, -0.25) is 9.79 Å². The standard InChI is InChI=1S/C25H27ClF2N6O/c1-4-29-21(13(2)3)25(35)33-16-7-5-6-15(10-16)32-24-20(28)12-31-23(34-24)18-11-30-22-17(18)8-14(26)9-19(22)27/h4,8-9,11-12,15-16,30H,5-7,10H2,1-3H3,(H,33,35)(H,31,32,34)/t15-,16+/m0/s1. The number of amides is 1. The number of halogens is 3. The number of hydrogen-bond donors (Lipinski definition) is 3. The fraction of sp³-hybridized carbons (Fsp3) is 0.360. The maximum Gasteiger partial charge on any atom is 0.270 e. The van der Waals surface area contributed by atoms with Crippen LogP contribution < -0.4 is 10.6 Å². The van der Waals surface area contributed by atoms with Crippen LogP contribution in [0.15, 0.2) is 40.8 Å². The van der Waals surface area contributed by atoms with E-state index in [4.69, 9.17) is 11.6 Å². The molecule has 0 spiro atoms. The Morgan fingerprint density at radius 2 is 2.00 bits per heavy atom. The Labute approximate surface area is 207 Å². The van der Waals surface area contributed by atoms with Crippen molar-refractivity contribution in [1.82, 2.24) is 20.3 Å². The molecule has 1 amide bonds. The van der Waals surface area contributed by atoms with E-state index >= 15 is 0 Å². The number of aromatic amines is 1. The number of allylic oxidation sites excluding steroid dienone is 1. The molecular weight excluding hydrogens is 474 g/mol. The lowest BCUT2D eigenvalue weighted by atomic mass is 9.90. The smallest absolute Gasteiger partial charge is 0.270 e. The highest BCUT2D eigenvalue weighted by Gasteiger charge is 2.26. The lowest BCUT2D eigenvalue weighted by molar-refractivity contribution is -0.118. The molecule has 1 saturated carbocycles. The number of rotatable bonds is 6. The Kier molecular flexibility index (Phi) is 7.45. The highest BCUT2D eigenvalue weighted by molar-refractivity contribution is 6.31. The molecule has 35 heavy (non-hydrogen) atoms. The average molecular weight is 501 g/mol. The van der Waals surface area contributed by atoms with Crippen LogP contribution in [0.4, 0.5) is 14.6 Å². The van der Waals surface area contributed by atoms with Crippen molar-refractivity contribution in [2.75, 3.05) is 5.32 Å². The number of benzene rings is 1. The summed E-state index contributed by atoms with van der Waals surface area (Å²) in [6.45, 7) is 5.46. The second-order valence-electron chi connectivity index (χ2n) is 8.82. The number of hydrogen-bond acceptors (Lipinski definition) is 5. The van der Waals surface area contributed by atoms with Crippen LogP contribution in [0.25, 0.3) is 22.3 Å². The number of aliphatic imine (C=N–C) groups is 1. The van der Waals surface area contributed by atoms with Gasteiger partial charge in [0.1, 0.15) is 11.5 Å². The monoisotopic (exact) mass is 500 g/mol. The van der Waals surface area contributed by atoms with Crippen LogP contribution in [0.3, 0.4) is 0 Å². The summed E-state index contributed by atoms with van der Waals surface area (Å²) in [5, 5.41) is 6.98. The van der Waals surface area contributed by atoms with Gasteiger partial charge in [0.2, 0.25) is 0 Å². The summed E-state index contributed by atoms with van der Waals surface area (Å²) < 4.78 is 28.9. The first-order valence-corrected chi connectivity index (χ1v) is 11.9. The molecule has 3 N–H and O–H groups in total. The van der Waals surface area contributed by atoms with Crippen molar-refractivity contribution in [3.63, 3.8) is 0 Å². The fourth-order valence-corrected chi connectivity index (χ4v) is 4.59. The maximum atomic E-state index is 14.6. The molecule has 1 aromatic carbocycles. The highest BCUT2D eigenvalue weighted by Crippen LogP contribution is 2.32. The summed E-state index contributed by atoms with van der Waals surface area (Å²) >= 11 is 6.02. The van der Waals surface area contributed by atoms with E-state index in [1.165, 1.54) is 6.07 Å². The summed E-state index contributed by atoms with van der Waals surface area (Å²) in [6, 6.07) is 2.67. The maximum absolute atomic E-state index is 14.6. The SMILES string of the molecule is CC=NC(C(=O)N[C@@H]1CCC[C@H](Nc2nc(-c3c[nH]c4c(F)cc(Cl)cc34)ncc2F)C1)=C(C)C. The highest BCUT2D eigenvalue weighted by atomic mass is 35.5. The molecule has 184 valence electrons. The summed E-state index contributed by atoms with van der Waals surface area (Å²) in [4.78, 5) is 28.2. The van der Waals surface area contributed by atoms with Gasteiger partial charge in [-0.25, -0.2) is 18.7 Å². The molecule has 0 aliphatic heterocycles. The molecule has 2 aromatic heterocycles. The number of carbonyl (C=O) groups excluding carboxylic acids is 1. The van der Waals surface area contributed by atoms with Crippen molar-refractivity contribution in [2.45, 2.75) is 58.5 Å². The minimum Gasteiger partial charge on any atom is -0.365 e. The Morgan fingerprint density at radius 3 is 2.74 bits per heavy atom. The van der Waals surface area contributed by atoms with Gasteiger partial charge in [0.15, 0.2) is 17.5 Å². The minimum absolute atomic E-state index is 0.0596. The van der Waals surface area contributed by atoms with Crippen LogP contribution in [0, 0.1) is 11.6 Å². The summed E-state index contributed by atoms with van der Waals surface area (Å²) in [5.74, 6) is -0.990. The summed E-state index contributed by atoms with van der Waals surface area (Å²) in [5.41, 5.74) is 2.04. The van der Waals surface area contributed by atoms with Crippen molar-refractivity contribution in [3.8, 4) is 11.4 Å². The zero-order chi connectivity index (χ0) is 25.1. The van der Waals surface area contributed by atoms with E-state index in [0.29, 0.717) is 23.1 Å². The van der Waals surface area contributed by atoms with Crippen molar-refractivity contribution < 1.29 is 13.6 Å². The first-order valence-electron chi connectivity index (χ1n) is 11.5. The second-order valence-corrected chi connectivity index (χ2v) is 9.25. The third kappa shape index (κ3) is 5.51. The molecule has 3 aromatic rings. The molecule has 1 fully saturated rings. The van der Waals surface area contributed by atoms with E-state index in [0.717, 1.165) is 31.0 Å². The van der Waals surface area contributed by atoms with Gasteiger partial charge in [-0.1, -0.05) is 11.6 Å². The fourth-order valence-electron chi connectivity index (χ4n) is 4.38. The predicted octanol–water partition coefficient (Wildman–Crippen LogP) is 5.78. The number of nitrogens with zero attached hydrogens (tertiary/aromatic N) is 3. The van der Waals surface area contributed by atoms with Gasteiger partial charge >= 0.3 is 0 Å². The summed E-state index contributed by atoms with van der Waals surface area (Å²) in [6.07, 6.45) is 7.38. The largest absolute Gasteiger partial charge is 0.365 e. The number of H-pyrrole nitrogens is 1. The van der Waals surface area contributed by atoms with Crippen LogP contribution in [0.2, 0.25) is 5.02 Å². The number of anilines is 1. The van der Waals surface area contributed by atoms with Gasteiger partial charge < -0.3 is 15.6 Å². The predicted molar refractivity (Wildman–Crippen MR) is 135 cm³/mol. The van der Waals surface area contributed by atoms with Crippen LogP contribution in [0.1, 0.15) is 46.5 Å². The van der Waals surface area contributed by atoms with Crippen LogP contribution in [-0.2, 0) is 4.79 Å². The third-order valence-electron chi connectivity index (χ3n) is 5.99.